The number of aromatic amines is 1. The van der Waals surface area contributed by atoms with Crippen molar-refractivity contribution in [2.75, 3.05) is 20.1 Å². The molecule has 0 aliphatic carbocycles. The molecule has 2 aromatic heterocycles. The number of hydrogen-bond acceptors (Lipinski definition) is 3. The Morgan fingerprint density at radius 2 is 1.83 bits per heavy atom. The molecule has 5 rings (SSSR count). The van der Waals surface area contributed by atoms with E-state index in [0.717, 1.165) is 35.4 Å². The fraction of sp³-hybridized carbons (Fsp3) is 0.333. The van der Waals surface area contributed by atoms with Crippen LogP contribution in [-0.4, -0.2) is 35.6 Å². The van der Waals surface area contributed by atoms with Crippen LogP contribution in [0, 0.1) is 0 Å². The lowest BCUT2D eigenvalue weighted by Gasteiger charge is -2.23. The molecule has 0 atom stereocenters. The summed E-state index contributed by atoms with van der Waals surface area (Å²) in [7, 11) is 3.39. The van der Waals surface area contributed by atoms with Crippen molar-refractivity contribution >= 4 is 16.8 Å². The molecule has 1 saturated heterocycles. The van der Waals surface area contributed by atoms with E-state index in [4.69, 9.17) is 0 Å². The van der Waals surface area contributed by atoms with Gasteiger partial charge < -0.3 is 20.2 Å². The molecular weight excluding hydrogens is 448 g/mol. The van der Waals surface area contributed by atoms with Crippen molar-refractivity contribution < 1.29 is 4.79 Å². The van der Waals surface area contributed by atoms with E-state index >= 15 is 0 Å². The van der Waals surface area contributed by atoms with Gasteiger partial charge in [0.1, 0.15) is 0 Å². The number of aromatic nitrogens is 2. The largest absolute Gasteiger partial charge is 0.355 e. The number of carbonyl (C=O) groups excluding carboxylic acids is 1. The summed E-state index contributed by atoms with van der Waals surface area (Å²) >= 11 is 0. The van der Waals surface area contributed by atoms with Crippen LogP contribution in [0.3, 0.4) is 0 Å². The van der Waals surface area contributed by atoms with Crippen molar-refractivity contribution in [2.45, 2.75) is 38.5 Å². The zero-order chi connectivity index (χ0) is 25.4. The van der Waals surface area contributed by atoms with Crippen molar-refractivity contribution in [2.24, 2.45) is 7.05 Å². The number of aryl methyl sites for hydroxylation is 1. The van der Waals surface area contributed by atoms with Crippen molar-refractivity contribution in [1.82, 2.24) is 20.2 Å². The van der Waals surface area contributed by atoms with E-state index in [2.05, 4.69) is 47.7 Å². The number of amides is 1. The number of hydrogen-bond donors (Lipinski definition) is 3. The number of rotatable bonds is 5. The Labute approximate surface area is 211 Å². The average molecular weight is 483 g/mol. The molecule has 0 radical (unpaired) electrons. The molecule has 36 heavy (non-hydrogen) atoms. The minimum Gasteiger partial charge on any atom is -0.355 e. The smallest absolute Gasteiger partial charge is 0.258 e. The van der Waals surface area contributed by atoms with E-state index in [9.17, 15) is 9.59 Å². The highest BCUT2D eigenvalue weighted by Gasteiger charge is 2.21. The maximum atomic E-state index is 13.2. The van der Waals surface area contributed by atoms with E-state index < -0.39 is 0 Å². The summed E-state index contributed by atoms with van der Waals surface area (Å²) in [5.74, 6) is 0.715. The highest BCUT2D eigenvalue weighted by Crippen LogP contribution is 2.38. The molecule has 3 N–H and O–H groups in total. The van der Waals surface area contributed by atoms with E-state index in [1.807, 2.05) is 24.4 Å². The third-order valence-electron chi connectivity index (χ3n) is 7.39. The fourth-order valence-electron chi connectivity index (χ4n) is 5.49. The van der Waals surface area contributed by atoms with Gasteiger partial charge in [0.2, 0.25) is 0 Å². The lowest BCUT2D eigenvalue weighted by atomic mass is 9.88. The zero-order valence-corrected chi connectivity index (χ0v) is 21.4. The molecule has 3 heterocycles. The predicted molar refractivity (Wildman–Crippen MR) is 147 cm³/mol. The second-order valence-electron chi connectivity index (χ2n) is 10.1. The molecule has 1 aliphatic rings. The van der Waals surface area contributed by atoms with Crippen LogP contribution in [0.5, 0.6) is 0 Å². The molecule has 1 aliphatic heterocycles. The highest BCUT2D eigenvalue weighted by molar-refractivity contribution is 5.95. The number of pyridine rings is 1. The van der Waals surface area contributed by atoms with Crippen LogP contribution in [0.2, 0.25) is 0 Å². The molecule has 4 aromatic rings. The number of fused-ring (bicyclic) bond motifs is 1. The molecule has 6 nitrogen and oxygen atoms in total. The Balaban J connectivity index is 1.65. The summed E-state index contributed by atoms with van der Waals surface area (Å²) in [6, 6.07) is 16.0. The van der Waals surface area contributed by atoms with Crippen LogP contribution in [-0.2, 0) is 7.05 Å². The first-order chi connectivity index (χ1) is 17.4. The monoisotopic (exact) mass is 482 g/mol. The van der Waals surface area contributed by atoms with E-state index in [0.29, 0.717) is 23.0 Å². The van der Waals surface area contributed by atoms with Gasteiger partial charge in [0.15, 0.2) is 0 Å². The first-order valence-electron chi connectivity index (χ1n) is 12.8. The summed E-state index contributed by atoms with van der Waals surface area (Å²) in [5, 5.41) is 7.37. The van der Waals surface area contributed by atoms with Gasteiger partial charge in [-0.3, -0.25) is 9.59 Å². The van der Waals surface area contributed by atoms with Crippen LogP contribution in [0.4, 0.5) is 0 Å². The molecular formula is C30H34N4O2. The van der Waals surface area contributed by atoms with Crippen LogP contribution in [0.15, 0.2) is 59.5 Å². The number of nitrogens with one attached hydrogen (secondary N) is 3. The topological polar surface area (TPSA) is 78.9 Å². The lowest BCUT2D eigenvalue weighted by Crippen LogP contribution is -2.26. The number of piperidine rings is 1. The third kappa shape index (κ3) is 4.37. The quantitative estimate of drug-likeness (QED) is 0.368. The number of benzene rings is 2. The number of nitrogens with zero attached hydrogens (tertiary/aromatic N) is 1. The van der Waals surface area contributed by atoms with Gasteiger partial charge in [-0.25, -0.2) is 0 Å². The third-order valence-corrected chi connectivity index (χ3v) is 7.39. The zero-order valence-electron chi connectivity index (χ0n) is 21.4. The van der Waals surface area contributed by atoms with Gasteiger partial charge in [-0.2, -0.15) is 0 Å². The average Bonchev–Trinajstić information content (AvgIpc) is 3.29. The van der Waals surface area contributed by atoms with Crippen LogP contribution in [0.25, 0.3) is 33.3 Å². The van der Waals surface area contributed by atoms with Gasteiger partial charge >= 0.3 is 0 Å². The summed E-state index contributed by atoms with van der Waals surface area (Å²) in [6.07, 6.45) is 4.23. The molecule has 6 heteroatoms. The first kappa shape index (κ1) is 24.1. The van der Waals surface area contributed by atoms with Gasteiger partial charge in [-0.15, -0.1) is 0 Å². The van der Waals surface area contributed by atoms with Crippen LogP contribution < -0.4 is 16.2 Å². The molecule has 1 amide bonds. The standard InChI is InChI=1S/C30H34N4O2/c1-18(2)27-25-15-20(19-10-12-32-13-11-19)8-9-26(25)33-28(27)23-16-24(30(36)34(4)17-23)21-6-5-7-22(14-21)29(35)31-3/h5-9,14-19,32-33H,10-13H2,1-4H3,(H,31,35). The van der Waals surface area contributed by atoms with Gasteiger partial charge in [-0.05, 0) is 84.8 Å². The molecule has 186 valence electrons. The van der Waals surface area contributed by atoms with E-state index in [-0.39, 0.29) is 11.5 Å². The van der Waals surface area contributed by atoms with E-state index in [1.54, 1.807) is 30.8 Å². The van der Waals surface area contributed by atoms with Crippen LogP contribution in [0.1, 0.15) is 60.0 Å². The maximum Gasteiger partial charge on any atom is 0.258 e. The lowest BCUT2D eigenvalue weighted by molar-refractivity contribution is 0.0963. The van der Waals surface area contributed by atoms with Gasteiger partial charge in [0.25, 0.3) is 11.5 Å². The van der Waals surface area contributed by atoms with Gasteiger partial charge in [-0.1, -0.05) is 32.0 Å². The fourth-order valence-corrected chi connectivity index (χ4v) is 5.49. The number of carbonyl (C=O) groups is 1. The predicted octanol–water partition coefficient (Wildman–Crippen LogP) is 5.15. The molecule has 1 fully saturated rings. The molecule has 0 spiro atoms. The Kier molecular flexibility index (Phi) is 6.54. The van der Waals surface area contributed by atoms with Crippen LogP contribution >= 0.6 is 0 Å². The van der Waals surface area contributed by atoms with Crippen molar-refractivity contribution in [3.05, 3.63) is 81.8 Å². The minimum atomic E-state index is -0.174. The second-order valence-corrected chi connectivity index (χ2v) is 10.1. The first-order valence-corrected chi connectivity index (χ1v) is 12.8. The summed E-state index contributed by atoms with van der Waals surface area (Å²) in [4.78, 5) is 29.0. The van der Waals surface area contributed by atoms with Crippen molar-refractivity contribution in [3.63, 3.8) is 0 Å². The number of H-pyrrole nitrogens is 1. The van der Waals surface area contributed by atoms with Gasteiger partial charge in [0, 0.05) is 47.9 Å². The summed E-state index contributed by atoms with van der Waals surface area (Å²) in [6.45, 7) is 6.58. The Bertz CT molecular complexity index is 1490. The molecule has 2 aromatic carbocycles. The maximum absolute atomic E-state index is 13.2. The molecule has 0 bridgehead atoms. The van der Waals surface area contributed by atoms with E-state index in [1.165, 1.54) is 29.4 Å². The summed E-state index contributed by atoms with van der Waals surface area (Å²) in [5.41, 5.74) is 7.53. The SMILES string of the molecule is CNC(=O)c1cccc(-c2cc(-c3[nH]c4ccc(C5CCNCC5)cc4c3C(C)C)cn(C)c2=O)c1. The Hall–Kier alpha value is -3.64. The Morgan fingerprint density at radius 3 is 2.56 bits per heavy atom. The van der Waals surface area contributed by atoms with Crippen molar-refractivity contribution in [3.8, 4) is 22.4 Å². The summed E-state index contributed by atoms with van der Waals surface area (Å²) < 4.78 is 1.63. The second kappa shape index (κ2) is 9.78. The highest BCUT2D eigenvalue weighted by atomic mass is 16.1. The molecule has 0 saturated carbocycles. The normalized spacial score (nSPS) is 14.5. The molecule has 0 unspecified atom stereocenters. The van der Waals surface area contributed by atoms with Gasteiger partial charge in [0.05, 0.1) is 5.69 Å². The minimum absolute atomic E-state index is 0.0943. The Morgan fingerprint density at radius 1 is 1.06 bits per heavy atom. The van der Waals surface area contributed by atoms with Crippen molar-refractivity contribution in [1.29, 1.82) is 0 Å².